The smallest absolute Gasteiger partial charge is 0.324 e. The number of rotatable bonds is 6. The van der Waals surface area contributed by atoms with Crippen molar-refractivity contribution >= 4 is 40.2 Å². The molecule has 2 aromatic heterocycles. The maximum atomic E-state index is 13.3. The predicted octanol–water partition coefficient (Wildman–Crippen LogP) is 6.80. The third-order valence-corrected chi connectivity index (χ3v) is 6.70. The van der Waals surface area contributed by atoms with Gasteiger partial charge in [-0.15, -0.1) is 0 Å². The van der Waals surface area contributed by atoms with Crippen molar-refractivity contribution in [3.05, 3.63) is 94.3 Å². The molecule has 42 heavy (non-hydrogen) atoms. The molecule has 3 aromatic carbocycles. The highest BCUT2D eigenvalue weighted by Crippen LogP contribution is 2.41. The molecule has 212 valence electrons. The van der Waals surface area contributed by atoms with Crippen molar-refractivity contribution in [2.24, 2.45) is 0 Å². The number of benzene rings is 3. The summed E-state index contributed by atoms with van der Waals surface area (Å²) in [5, 5.41) is 29.4. The summed E-state index contributed by atoms with van der Waals surface area (Å²) in [5.74, 6) is 2.07. The molecular formula is C30H27N7O5. The van der Waals surface area contributed by atoms with E-state index in [1.54, 1.807) is 41.2 Å². The number of anilines is 2. The van der Waals surface area contributed by atoms with Crippen LogP contribution in [0.15, 0.2) is 72.9 Å². The number of nitro benzene ring substituents is 1. The van der Waals surface area contributed by atoms with Crippen LogP contribution in [0.4, 0.5) is 22.0 Å². The van der Waals surface area contributed by atoms with E-state index in [-0.39, 0.29) is 11.1 Å². The maximum Gasteiger partial charge on any atom is 0.324 e. The van der Waals surface area contributed by atoms with Crippen molar-refractivity contribution in [3.63, 3.8) is 0 Å². The Morgan fingerprint density at radius 3 is 2.67 bits per heavy atom. The first-order chi connectivity index (χ1) is 20.2. The summed E-state index contributed by atoms with van der Waals surface area (Å²) in [6.07, 6.45) is 5.47. The Balaban J connectivity index is 1.28. The normalized spacial score (nSPS) is 12.5. The van der Waals surface area contributed by atoms with E-state index in [9.17, 15) is 14.9 Å². The minimum absolute atomic E-state index is 0.0399. The highest BCUT2D eigenvalue weighted by molar-refractivity contribution is 6.01. The van der Waals surface area contributed by atoms with Gasteiger partial charge in [-0.1, -0.05) is 26.8 Å². The molecule has 0 spiro atoms. The Bertz CT molecular complexity index is 1850. The van der Waals surface area contributed by atoms with Crippen LogP contribution in [0.3, 0.4) is 0 Å². The van der Waals surface area contributed by atoms with E-state index in [0.717, 1.165) is 16.6 Å². The lowest BCUT2D eigenvalue weighted by Crippen LogP contribution is -2.22. The summed E-state index contributed by atoms with van der Waals surface area (Å²) in [7, 11) is 0. The SMILES string of the molecule is CC(C)(C)c1cc(NC(=O)Nc2ccc(Oc3cccc4[nH]ncc34)c3c2OCC=C3)n(-c2ccc([N+](=O)[O-])cc2)n1. The number of H-pyrrole nitrogens is 1. The lowest BCUT2D eigenvalue weighted by Gasteiger charge is -2.20. The van der Waals surface area contributed by atoms with Crippen LogP contribution in [0, 0.1) is 10.1 Å². The molecular weight excluding hydrogens is 538 g/mol. The number of fused-ring (bicyclic) bond motifs is 2. The molecule has 0 radical (unpaired) electrons. The van der Waals surface area contributed by atoms with Crippen LogP contribution in [0.25, 0.3) is 22.7 Å². The van der Waals surface area contributed by atoms with Crippen molar-refractivity contribution in [1.29, 1.82) is 0 Å². The summed E-state index contributed by atoms with van der Waals surface area (Å²) < 4.78 is 13.7. The zero-order valence-electron chi connectivity index (χ0n) is 23.0. The molecule has 0 saturated heterocycles. The van der Waals surface area contributed by atoms with Gasteiger partial charge in [-0.2, -0.15) is 10.2 Å². The van der Waals surface area contributed by atoms with Gasteiger partial charge < -0.3 is 14.8 Å². The molecule has 3 N–H and O–H groups in total. The number of aromatic amines is 1. The highest BCUT2D eigenvalue weighted by Gasteiger charge is 2.23. The summed E-state index contributed by atoms with van der Waals surface area (Å²) in [6, 6.07) is 16.4. The fourth-order valence-electron chi connectivity index (χ4n) is 4.55. The van der Waals surface area contributed by atoms with Gasteiger partial charge in [0.1, 0.15) is 23.9 Å². The number of nitrogens with zero attached hydrogens (tertiary/aromatic N) is 4. The summed E-state index contributed by atoms with van der Waals surface area (Å²) >= 11 is 0. The van der Waals surface area contributed by atoms with Crippen molar-refractivity contribution in [3.8, 4) is 22.9 Å². The zero-order chi connectivity index (χ0) is 29.4. The molecule has 0 aliphatic carbocycles. The van der Waals surface area contributed by atoms with Crippen molar-refractivity contribution in [1.82, 2.24) is 20.0 Å². The molecule has 0 saturated carbocycles. The van der Waals surface area contributed by atoms with Gasteiger partial charge in [0.05, 0.1) is 44.7 Å². The van der Waals surface area contributed by atoms with Crippen LogP contribution in [0.5, 0.6) is 17.2 Å². The van der Waals surface area contributed by atoms with Gasteiger partial charge in [0, 0.05) is 23.6 Å². The number of carbonyl (C=O) groups excluding carboxylic acids is 1. The molecule has 12 heteroatoms. The van der Waals surface area contributed by atoms with Crippen LogP contribution in [0.2, 0.25) is 0 Å². The quantitative estimate of drug-likeness (QED) is 0.151. The Kier molecular flexibility index (Phi) is 6.57. The van der Waals surface area contributed by atoms with E-state index in [0.29, 0.717) is 46.6 Å². The Labute approximate surface area is 240 Å². The fraction of sp³-hybridized carbons (Fsp3) is 0.167. The largest absolute Gasteiger partial charge is 0.487 e. The number of hydrogen-bond acceptors (Lipinski definition) is 7. The molecule has 0 fully saturated rings. The number of urea groups is 1. The second kappa shape index (κ2) is 10.4. The highest BCUT2D eigenvalue weighted by atomic mass is 16.6. The summed E-state index contributed by atoms with van der Waals surface area (Å²) in [5.41, 5.74) is 2.94. The Morgan fingerprint density at radius 2 is 1.90 bits per heavy atom. The van der Waals surface area contributed by atoms with Crippen LogP contribution < -0.4 is 20.1 Å². The van der Waals surface area contributed by atoms with Crippen molar-refractivity contribution in [2.45, 2.75) is 26.2 Å². The lowest BCUT2D eigenvalue weighted by atomic mass is 9.92. The van der Waals surface area contributed by atoms with E-state index >= 15 is 0 Å². The van der Waals surface area contributed by atoms with Gasteiger partial charge in [0.2, 0.25) is 0 Å². The number of non-ortho nitro benzene ring substituents is 1. The van der Waals surface area contributed by atoms with Gasteiger partial charge >= 0.3 is 6.03 Å². The molecule has 0 unspecified atom stereocenters. The lowest BCUT2D eigenvalue weighted by molar-refractivity contribution is -0.384. The second-order valence-corrected chi connectivity index (χ2v) is 10.7. The first-order valence-electron chi connectivity index (χ1n) is 13.2. The maximum absolute atomic E-state index is 13.3. The minimum atomic E-state index is -0.518. The second-order valence-electron chi connectivity index (χ2n) is 10.7. The van der Waals surface area contributed by atoms with Gasteiger partial charge in [-0.3, -0.25) is 20.5 Å². The standard InChI is InChI=1S/C30H27N7O5/c1-30(2,3)26-16-27(36(35-26)18-9-11-19(12-10-18)37(39)40)33-29(38)32-23-13-14-25(20-6-5-15-41-28(20)23)42-24-8-4-7-22-21(24)17-31-34-22/h4-14,16-17H,15H2,1-3H3,(H,31,34)(H2,32,33,38). The molecule has 12 nitrogen and oxygen atoms in total. The van der Waals surface area contributed by atoms with E-state index in [2.05, 4.69) is 25.9 Å². The Hall–Kier alpha value is -5.65. The number of aromatic nitrogens is 4. The van der Waals surface area contributed by atoms with Crippen LogP contribution in [0.1, 0.15) is 32.0 Å². The molecule has 3 heterocycles. The molecule has 2 amide bonds. The zero-order valence-corrected chi connectivity index (χ0v) is 23.0. The first kappa shape index (κ1) is 26.6. The fourth-order valence-corrected chi connectivity index (χ4v) is 4.55. The average Bonchev–Trinajstić information content (AvgIpc) is 3.62. The monoisotopic (exact) mass is 565 g/mol. The molecule has 6 rings (SSSR count). The number of nitro groups is 1. The van der Waals surface area contributed by atoms with E-state index in [1.807, 2.05) is 51.1 Å². The topological polar surface area (TPSA) is 149 Å². The number of amides is 2. The van der Waals surface area contributed by atoms with Crippen LogP contribution >= 0.6 is 0 Å². The van der Waals surface area contributed by atoms with E-state index in [4.69, 9.17) is 9.47 Å². The Morgan fingerprint density at radius 1 is 1.10 bits per heavy atom. The molecule has 1 aliphatic rings. The van der Waals surface area contributed by atoms with Crippen LogP contribution in [-0.4, -0.2) is 37.5 Å². The van der Waals surface area contributed by atoms with Crippen molar-refractivity contribution in [2.75, 3.05) is 17.2 Å². The van der Waals surface area contributed by atoms with E-state index in [1.165, 1.54) is 12.1 Å². The van der Waals surface area contributed by atoms with Gasteiger partial charge in [0.15, 0.2) is 5.75 Å². The molecule has 0 bridgehead atoms. The van der Waals surface area contributed by atoms with Crippen molar-refractivity contribution < 1.29 is 19.2 Å². The third-order valence-electron chi connectivity index (χ3n) is 6.70. The number of carbonyl (C=O) groups is 1. The molecule has 5 aromatic rings. The van der Waals surface area contributed by atoms with Gasteiger partial charge in [0.25, 0.3) is 5.69 Å². The number of ether oxygens (including phenoxy) is 2. The number of nitrogens with one attached hydrogen (secondary N) is 3. The predicted molar refractivity (Wildman–Crippen MR) is 159 cm³/mol. The molecule has 1 aliphatic heterocycles. The van der Waals surface area contributed by atoms with Gasteiger partial charge in [-0.25, -0.2) is 9.48 Å². The van der Waals surface area contributed by atoms with Gasteiger partial charge in [-0.05, 0) is 48.6 Å². The number of hydrogen-bond donors (Lipinski definition) is 3. The van der Waals surface area contributed by atoms with Crippen LogP contribution in [-0.2, 0) is 5.41 Å². The summed E-state index contributed by atoms with van der Waals surface area (Å²) in [4.78, 5) is 23.9. The summed E-state index contributed by atoms with van der Waals surface area (Å²) in [6.45, 7) is 6.36. The third kappa shape index (κ3) is 5.12. The minimum Gasteiger partial charge on any atom is -0.487 e. The van der Waals surface area contributed by atoms with E-state index < -0.39 is 11.0 Å². The first-order valence-corrected chi connectivity index (χ1v) is 13.2. The average molecular weight is 566 g/mol. The molecule has 0 atom stereocenters.